The van der Waals surface area contributed by atoms with Crippen LogP contribution in [0.3, 0.4) is 0 Å². The lowest BCUT2D eigenvalue weighted by atomic mass is 10.0. The fourth-order valence-electron chi connectivity index (χ4n) is 3.81. The van der Waals surface area contributed by atoms with Crippen LogP contribution in [0.15, 0.2) is 30.9 Å². The van der Waals surface area contributed by atoms with E-state index in [-0.39, 0.29) is 38.6 Å². The van der Waals surface area contributed by atoms with Crippen molar-refractivity contribution in [3.8, 4) is 0 Å². The summed E-state index contributed by atoms with van der Waals surface area (Å²) in [6.07, 6.45) is 0.513. The Morgan fingerprint density at radius 1 is 1.09 bits per heavy atom. The SMILES string of the molecule is C=CCOC(=O)N(C)Cc1cc(NC(=O)[C@H](CCCNC(N)=O)NC(=O)[C@@H](NC(=O)OC(C)(C)C)C(C)C)ccc1CO. The van der Waals surface area contributed by atoms with Gasteiger partial charge in [-0.15, -0.1) is 0 Å². The second kappa shape index (κ2) is 17.6. The number of hydrogen-bond donors (Lipinski definition) is 6. The Balaban J connectivity index is 3.14. The number of amides is 6. The molecule has 7 N–H and O–H groups in total. The van der Waals surface area contributed by atoms with Crippen LogP contribution in [0.1, 0.15) is 58.6 Å². The minimum absolute atomic E-state index is 0.0408. The number of primary amides is 1. The van der Waals surface area contributed by atoms with Crippen LogP contribution in [0.5, 0.6) is 0 Å². The van der Waals surface area contributed by atoms with Crippen molar-refractivity contribution in [1.29, 1.82) is 0 Å². The Bertz CT molecular complexity index is 1130. The highest BCUT2D eigenvalue weighted by Crippen LogP contribution is 2.19. The Kier molecular flexibility index (Phi) is 15.0. The van der Waals surface area contributed by atoms with Crippen molar-refractivity contribution in [2.45, 2.75) is 78.3 Å². The van der Waals surface area contributed by atoms with Gasteiger partial charge in [0.05, 0.1) is 6.61 Å². The lowest BCUT2D eigenvalue weighted by molar-refractivity contribution is -0.128. The molecule has 0 bridgehead atoms. The van der Waals surface area contributed by atoms with Crippen molar-refractivity contribution >= 4 is 35.7 Å². The first-order chi connectivity index (χ1) is 20.1. The normalized spacial score (nSPS) is 12.4. The lowest BCUT2D eigenvalue weighted by Gasteiger charge is -2.27. The number of benzene rings is 1. The molecule has 0 radical (unpaired) electrons. The van der Waals surface area contributed by atoms with E-state index < -0.39 is 47.7 Å². The summed E-state index contributed by atoms with van der Waals surface area (Å²) in [7, 11) is 1.53. The molecule has 14 heteroatoms. The van der Waals surface area contributed by atoms with E-state index in [1.807, 2.05) is 0 Å². The van der Waals surface area contributed by atoms with Crippen molar-refractivity contribution in [3.05, 3.63) is 42.0 Å². The van der Waals surface area contributed by atoms with Crippen LogP contribution in [0, 0.1) is 5.92 Å². The van der Waals surface area contributed by atoms with Crippen molar-refractivity contribution in [2.75, 3.05) is 25.5 Å². The molecule has 0 unspecified atom stereocenters. The molecular weight excluding hydrogens is 560 g/mol. The summed E-state index contributed by atoms with van der Waals surface area (Å²) >= 11 is 0. The summed E-state index contributed by atoms with van der Waals surface area (Å²) in [6.45, 7) is 12.1. The van der Waals surface area contributed by atoms with E-state index in [2.05, 4.69) is 27.8 Å². The van der Waals surface area contributed by atoms with Gasteiger partial charge in [-0.25, -0.2) is 14.4 Å². The molecule has 0 saturated carbocycles. The summed E-state index contributed by atoms with van der Waals surface area (Å²) in [4.78, 5) is 63.6. The average molecular weight is 607 g/mol. The fourth-order valence-corrected chi connectivity index (χ4v) is 3.81. The number of carbonyl (C=O) groups is 5. The maximum atomic E-state index is 13.4. The first-order valence-electron chi connectivity index (χ1n) is 13.9. The molecule has 0 aliphatic rings. The zero-order valence-corrected chi connectivity index (χ0v) is 25.8. The smallest absolute Gasteiger partial charge is 0.410 e. The molecule has 0 aliphatic carbocycles. The first kappa shape index (κ1) is 36.7. The molecule has 1 aromatic rings. The monoisotopic (exact) mass is 606 g/mol. The number of alkyl carbamates (subject to hydrolysis) is 1. The largest absolute Gasteiger partial charge is 0.445 e. The second-order valence-electron chi connectivity index (χ2n) is 11.2. The third kappa shape index (κ3) is 13.9. The van der Waals surface area contributed by atoms with E-state index in [1.54, 1.807) is 52.8 Å². The molecule has 240 valence electrons. The van der Waals surface area contributed by atoms with E-state index in [1.165, 1.54) is 18.0 Å². The predicted molar refractivity (Wildman–Crippen MR) is 161 cm³/mol. The minimum Gasteiger partial charge on any atom is -0.445 e. The van der Waals surface area contributed by atoms with Gasteiger partial charge >= 0.3 is 18.2 Å². The van der Waals surface area contributed by atoms with Crippen molar-refractivity contribution in [1.82, 2.24) is 20.9 Å². The van der Waals surface area contributed by atoms with E-state index in [9.17, 15) is 29.1 Å². The molecule has 6 amide bonds. The molecule has 14 nitrogen and oxygen atoms in total. The predicted octanol–water partition coefficient (Wildman–Crippen LogP) is 2.35. The van der Waals surface area contributed by atoms with Gasteiger partial charge in [0.25, 0.3) is 0 Å². The standard InChI is InChI=1S/C29H46N6O8/c1-8-14-42-28(41)35(7)16-20-15-21(12-11-19(20)17-36)32-24(37)22(10-9-13-31-26(30)39)33-25(38)23(18(2)3)34-27(40)43-29(4,5)6/h8,11-12,15,18,22-23,36H,1,9-10,13-14,16-17H2,2-7H3,(H,32,37)(H,33,38)(H,34,40)(H3,30,31,39)/t22-,23-/m0/s1. The minimum atomic E-state index is -1.05. The van der Waals surface area contributed by atoms with Crippen LogP contribution in [0.2, 0.25) is 0 Å². The van der Waals surface area contributed by atoms with Gasteiger partial charge in [0, 0.05) is 25.8 Å². The highest BCUT2D eigenvalue weighted by Gasteiger charge is 2.30. The number of aliphatic hydroxyl groups excluding tert-OH is 1. The zero-order valence-electron chi connectivity index (χ0n) is 25.8. The molecule has 0 aliphatic heterocycles. The third-order valence-electron chi connectivity index (χ3n) is 5.91. The summed E-state index contributed by atoms with van der Waals surface area (Å²) in [5, 5.41) is 20.2. The fraction of sp³-hybridized carbons (Fsp3) is 0.552. The summed E-state index contributed by atoms with van der Waals surface area (Å²) in [6, 6.07) is 2.02. The van der Waals surface area contributed by atoms with E-state index in [4.69, 9.17) is 15.2 Å². The van der Waals surface area contributed by atoms with Crippen LogP contribution in [0.25, 0.3) is 0 Å². The Morgan fingerprint density at radius 3 is 2.33 bits per heavy atom. The topological polar surface area (TPSA) is 201 Å². The van der Waals surface area contributed by atoms with Gasteiger partial charge in [0.1, 0.15) is 24.3 Å². The van der Waals surface area contributed by atoms with Gasteiger partial charge in [-0.05, 0) is 62.8 Å². The molecule has 0 heterocycles. The Labute approximate surface area is 252 Å². The van der Waals surface area contributed by atoms with Gasteiger partial charge < -0.3 is 46.5 Å². The quantitative estimate of drug-likeness (QED) is 0.129. The molecule has 0 aromatic heterocycles. The number of rotatable bonds is 15. The highest BCUT2D eigenvalue weighted by molar-refractivity contribution is 5.98. The van der Waals surface area contributed by atoms with E-state index in [0.717, 1.165) is 0 Å². The second-order valence-corrected chi connectivity index (χ2v) is 11.2. The van der Waals surface area contributed by atoms with Gasteiger partial charge in [-0.2, -0.15) is 0 Å². The van der Waals surface area contributed by atoms with Crippen molar-refractivity contribution in [3.63, 3.8) is 0 Å². The molecule has 1 rings (SSSR count). The Hall–Kier alpha value is -4.33. The molecule has 1 aromatic carbocycles. The number of carbonyl (C=O) groups excluding carboxylic acids is 5. The van der Waals surface area contributed by atoms with Gasteiger partial charge in [-0.3, -0.25) is 9.59 Å². The van der Waals surface area contributed by atoms with E-state index >= 15 is 0 Å². The first-order valence-corrected chi connectivity index (χ1v) is 13.9. The lowest BCUT2D eigenvalue weighted by Crippen LogP contribution is -2.55. The average Bonchev–Trinajstić information content (AvgIpc) is 2.90. The number of nitrogens with zero attached hydrogens (tertiary/aromatic N) is 1. The third-order valence-corrected chi connectivity index (χ3v) is 5.91. The molecule has 43 heavy (non-hydrogen) atoms. The number of nitrogens with one attached hydrogen (secondary N) is 4. The van der Waals surface area contributed by atoms with Gasteiger partial charge in [-0.1, -0.05) is 32.6 Å². The maximum Gasteiger partial charge on any atom is 0.410 e. The van der Waals surface area contributed by atoms with Crippen molar-refractivity contribution < 1.29 is 38.6 Å². The number of nitrogens with two attached hydrogens (primary N) is 1. The van der Waals surface area contributed by atoms with Crippen molar-refractivity contribution in [2.24, 2.45) is 11.7 Å². The van der Waals surface area contributed by atoms with Crippen LogP contribution < -0.4 is 27.0 Å². The van der Waals surface area contributed by atoms with Gasteiger partial charge in [0.15, 0.2) is 0 Å². The number of urea groups is 1. The number of aliphatic hydroxyl groups is 1. The molecule has 0 fully saturated rings. The van der Waals surface area contributed by atoms with Crippen LogP contribution in [0.4, 0.5) is 20.1 Å². The molecule has 0 spiro atoms. The van der Waals surface area contributed by atoms with Crippen LogP contribution in [-0.2, 0) is 32.2 Å². The summed E-state index contributed by atoms with van der Waals surface area (Å²) in [5.74, 6) is -1.50. The summed E-state index contributed by atoms with van der Waals surface area (Å²) < 4.78 is 10.3. The number of anilines is 1. The highest BCUT2D eigenvalue weighted by atomic mass is 16.6. The Morgan fingerprint density at radius 2 is 1.77 bits per heavy atom. The molecule has 0 saturated heterocycles. The number of hydrogen-bond acceptors (Lipinski definition) is 8. The summed E-state index contributed by atoms with van der Waals surface area (Å²) in [5.41, 5.74) is 5.80. The van der Waals surface area contributed by atoms with Crippen LogP contribution in [-0.4, -0.2) is 77.9 Å². The molecular formula is C29H46N6O8. The van der Waals surface area contributed by atoms with E-state index in [0.29, 0.717) is 23.2 Å². The number of ether oxygens (including phenoxy) is 2. The zero-order chi connectivity index (χ0) is 32.7. The molecule has 2 atom stereocenters. The maximum absolute atomic E-state index is 13.4. The van der Waals surface area contributed by atoms with Gasteiger partial charge in [0.2, 0.25) is 11.8 Å². The van der Waals surface area contributed by atoms with Crippen LogP contribution >= 0.6 is 0 Å².